The number of carbonyl (C=O) groups excluding carboxylic acids is 2. The van der Waals surface area contributed by atoms with E-state index in [9.17, 15) is 14.7 Å². The quantitative estimate of drug-likeness (QED) is 0.772. The fourth-order valence-corrected chi connectivity index (χ4v) is 3.12. The molecule has 0 saturated carbocycles. The lowest BCUT2D eigenvalue weighted by atomic mass is 10.1. The maximum atomic E-state index is 10.9. The van der Waals surface area contributed by atoms with Crippen molar-refractivity contribution >= 4 is 24.3 Å². The van der Waals surface area contributed by atoms with Crippen LogP contribution in [-0.2, 0) is 16.0 Å². The summed E-state index contributed by atoms with van der Waals surface area (Å²) in [6.07, 6.45) is 2.37. The van der Waals surface area contributed by atoms with Crippen molar-refractivity contribution in [3.63, 3.8) is 0 Å². The maximum Gasteiger partial charge on any atom is 0.147 e. The van der Waals surface area contributed by atoms with Gasteiger partial charge >= 0.3 is 0 Å². The molecule has 3 unspecified atom stereocenters. The number of rotatable bonds is 4. The number of aromatic hydroxyl groups is 1. The molecule has 1 aromatic carbocycles. The number of aldehydes is 2. The lowest BCUT2D eigenvalue weighted by Gasteiger charge is -2.12. The van der Waals surface area contributed by atoms with Crippen LogP contribution in [0.5, 0.6) is 5.75 Å². The lowest BCUT2D eigenvalue weighted by molar-refractivity contribution is -0.110. The Bertz CT molecular complexity index is 407. The molecule has 0 aliphatic carbocycles. The SMILES string of the molecule is O=CC1NC(C=O)C(Cc2ccc(O)cc2)S1. The Morgan fingerprint density at radius 1 is 1.24 bits per heavy atom. The highest BCUT2D eigenvalue weighted by molar-refractivity contribution is 8.01. The van der Waals surface area contributed by atoms with Gasteiger partial charge in [0.15, 0.2) is 0 Å². The third-order valence-electron chi connectivity index (χ3n) is 2.72. The van der Waals surface area contributed by atoms with E-state index in [1.54, 1.807) is 12.1 Å². The molecule has 1 aliphatic rings. The molecular formula is C12H13NO3S. The van der Waals surface area contributed by atoms with Gasteiger partial charge in [0.2, 0.25) is 0 Å². The molecule has 3 atom stereocenters. The van der Waals surface area contributed by atoms with Crippen LogP contribution in [0.25, 0.3) is 0 Å². The summed E-state index contributed by atoms with van der Waals surface area (Å²) in [5.41, 5.74) is 1.04. The van der Waals surface area contributed by atoms with Crippen LogP contribution in [0.4, 0.5) is 0 Å². The van der Waals surface area contributed by atoms with Crippen molar-refractivity contribution in [2.45, 2.75) is 23.1 Å². The molecule has 0 aromatic heterocycles. The van der Waals surface area contributed by atoms with Gasteiger partial charge in [0.05, 0.1) is 6.04 Å². The van der Waals surface area contributed by atoms with Crippen LogP contribution in [0.15, 0.2) is 24.3 Å². The summed E-state index contributed by atoms with van der Waals surface area (Å²) in [6.45, 7) is 0. The van der Waals surface area contributed by atoms with E-state index in [1.807, 2.05) is 12.1 Å². The van der Waals surface area contributed by atoms with Crippen LogP contribution in [0.1, 0.15) is 5.56 Å². The molecule has 0 radical (unpaired) electrons. The molecule has 1 heterocycles. The topological polar surface area (TPSA) is 66.4 Å². The van der Waals surface area contributed by atoms with Gasteiger partial charge in [0.25, 0.3) is 0 Å². The molecule has 90 valence electrons. The van der Waals surface area contributed by atoms with Crippen LogP contribution in [-0.4, -0.2) is 34.3 Å². The van der Waals surface area contributed by atoms with Crippen molar-refractivity contribution in [2.24, 2.45) is 0 Å². The average molecular weight is 251 g/mol. The molecule has 0 bridgehead atoms. The van der Waals surface area contributed by atoms with E-state index in [0.717, 1.165) is 18.1 Å². The first-order valence-corrected chi connectivity index (χ1v) is 6.27. The van der Waals surface area contributed by atoms with Crippen LogP contribution in [0, 0.1) is 0 Å². The van der Waals surface area contributed by atoms with Gasteiger partial charge in [-0.05, 0) is 24.1 Å². The minimum Gasteiger partial charge on any atom is -0.508 e. The Hall–Kier alpha value is -1.33. The fraction of sp³-hybridized carbons (Fsp3) is 0.333. The van der Waals surface area contributed by atoms with Crippen LogP contribution >= 0.6 is 11.8 Å². The van der Waals surface area contributed by atoms with E-state index in [-0.39, 0.29) is 22.4 Å². The Labute approximate surface area is 103 Å². The second kappa shape index (κ2) is 5.33. The van der Waals surface area contributed by atoms with E-state index >= 15 is 0 Å². The first-order chi connectivity index (χ1) is 8.22. The highest BCUT2D eigenvalue weighted by Gasteiger charge is 2.33. The number of carbonyl (C=O) groups is 2. The molecule has 4 nitrogen and oxygen atoms in total. The molecule has 5 heteroatoms. The zero-order valence-electron chi connectivity index (χ0n) is 9.08. The summed E-state index contributed by atoms with van der Waals surface area (Å²) in [6, 6.07) is 6.60. The van der Waals surface area contributed by atoms with Crippen molar-refractivity contribution < 1.29 is 14.7 Å². The second-order valence-electron chi connectivity index (χ2n) is 3.93. The van der Waals surface area contributed by atoms with Gasteiger partial charge in [-0.3, -0.25) is 5.32 Å². The standard InChI is InChI=1S/C12H13NO3S/c14-6-10-11(17-12(7-15)13-10)5-8-1-3-9(16)4-2-8/h1-4,6-7,10-13,16H,5H2. The van der Waals surface area contributed by atoms with Gasteiger partial charge in [0, 0.05) is 5.25 Å². The van der Waals surface area contributed by atoms with E-state index in [1.165, 1.54) is 11.8 Å². The van der Waals surface area contributed by atoms with Crippen molar-refractivity contribution in [2.75, 3.05) is 0 Å². The van der Waals surface area contributed by atoms with Crippen LogP contribution in [0.2, 0.25) is 0 Å². The highest BCUT2D eigenvalue weighted by Crippen LogP contribution is 2.28. The summed E-state index contributed by atoms with van der Waals surface area (Å²) in [7, 11) is 0. The molecule has 0 spiro atoms. The number of hydrogen-bond acceptors (Lipinski definition) is 5. The third kappa shape index (κ3) is 2.87. The van der Waals surface area contributed by atoms with Crippen molar-refractivity contribution in [3.05, 3.63) is 29.8 Å². The van der Waals surface area contributed by atoms with Crippen LogP contribution < -0.4 is 5.32 Å². The highest BCUT2D eigenvalue weighted by atomic mass is 32.2. The molecule has 1 fully saturated rings. The van der Waals surface area contributed by atoms with E-state index in [0.29, 0.717) is 6.42 Å². The molecule has 1 saturated heterocycles. The van der Waals surface area contributed by atoms with E-state index in [2.05, 4.69) is 5.32 Å². The molecule has 17 heavy (non-hydrogen) atoms. The van der Waals surface area contributed by atoms with Crippen molar-refractivity contribution in [1.82, 2.24) is 5.32 Å². The average Bonchev–Trinajstić information content (AvgIpc) is 2.74. The minimum atomic E-state index is -0.299. The number of hydrogen-bond donors (Lipinski definition) is 2. The van der Waals surface area contributed by atoms with E-state index < -0.39 is 0 Å². The van der Waals surface area contributed by atoms with Crippen molar-refractivity contribution in [1.29, 1.82) is 0 Å². The molecule has 1 aliphatic heterocycles. The van der Waals surface area contributed by atoms with Gasteiger partial charge in [-0.25, -0.2) is 0 Å². The summed E-state index contributed by atoms with van der Waals surface area (Å²) in [4.78, 5) is 21.6. The van der Waals surface area contributed by atoms with Gasteiger partial charge in [-0.2, -0.15) is 0 Å². The lowest BCUT2D eigenvalue weighted by Crippen LogP contribution is -2.35. The first-order valence-electron chi connectivity index (χ1n) is 5.33. The first kappa shape index (κ1) is 12.1. The fourth-order valence-electron chi connectivity index (χ4n) is 1.85. The van der Waals surface area contributed by atoms with Gasteiger partial charge < -0.3 is 14.7 Å². The van der Waals surface area contributed by atoms with Gasteiger partial charge in [0.1, 0.15) is 23.7 Å². The zero-order chi connectivity index (χ0) is 12.3. The molecule has 0 amide bonds. The number of nitrogens with one attached hydrogen (secondary N) is 1. The Morgan fingerprint density at radius 2 is 1.94 bits per heavy atom. The maximum absolute atomic E-state index is 10.9. The van der Waals surface area contributed by atoms with Crippen molar-refractivity contribution in [3.8, 4) is 5.75 Å². The second-order valence-corrected chi connectivity index (χ2v) is 5.32. The summed E-state index contributed by atoms with van der Waals surface area (Å²) >= 11 is 1.47. The predicted molar refractivity (Wildman–Crippen MR) is 66.0 cm³/mol. The molecule has 2 rings (SSSR count). The molecule has 1 aromatic rings. The Morgan fingerprint density at radius 3 is 2.53 bits per heavy atom. The summed E-state index contributed by atoms with van der Waals surface area (Å²) < 4.78 is 0. The Balaban J connectivity index is 2.04. The van der Waals surface area contributed by atoms with E-state index in [4.69, 9.17) is 0 Å². The minimum absolute atomic E-state index is 0.0623. The number of phenols is 1. The summed E-state index contributed by atoms with van der Waals surface area (Å²) in [5, 5.41) is 11.9. The smallest absolute Gasteiger partial charge is 0.147 e. The van der Waals surface area contributed by atoms with Gasteiger partial charge in [-0.15, -0.1) is 11.8 Å². The van der Waals surface area contributed by atoms with Gasteiger partial charge in [-0.1, -0.05) is 12.1 Å². The summed E-state index contributed by atoms with van der Waals surface area (Å²) in [5.74, 6) is 0.226. The number of thioether (sulfide) groups is 1. The van der Waals surface area contributed by atoms with Crippen LogP contribution in [0.3, 0.4) is 0 Å². The monoisotopic (exact) mass is 251 g/mol. The predicted octanol–water partition coefficient (Wildman–Crippen LogP) is 0.732. The Kier molecular flexibility index (Phi) is 3.81. The normalized spacial score (nSPS) is 27.9. The molecule has 2 N–H and O–H groups in total. The number of benzene rings is 1. The molecular weight excluding hydrogens is 238 g/mol. The third-order valence-corrected chi connectivity index (χ3v) is 4.07. The number of phenolic OH excluding ortho intramolecular Hbond substituents is 1. The largest absolute Gasteiger partial charge is 0.508 e. The zero-order valence-corrected chi connectivity index (χ0v) is 9.89.